The molecule has 0 fully saturated rings. The van der Waals surface area contributed by atoms with Crippen molar-refractivity contribution in [3.8, 4) is 0 Å². The normalized spacial score (nSPS) is 10.0. The van der Waals surface area contributed by atoms with Crippen LogP contribution >= 0.6 is 0 Å². The van der Waals surface area contributed by atoms with Crippen molar-refractivity contribution in [2.24, 2.45) is 0 Å². The van der Waals surface area contributed by atoms with Gasteiger partial charge in [0.25, 0.3) is 0 Å². The molecule has 1 aromatic rings. The molecule has 0 N–H and O–H groups in total. The number of hydrogen-bond acceptors (Lipinski definition) is 2. The SMILES string of the molecule is CCOC(=O)c1ccc(F)c(C)c1C. The van der Waals surface area contributed by atoms with Crippen LogP contribution in [0.25, 0.3) is 0 Å². The van der Waals surface area contributed by atoms with Crippen LogP contribution < -0.4 is 0 Å². The molecule has 0 heterocycles. The fourth-order valence-corrected chi connectivity index (χ4v) is 1.22. The van der Waals surface area contributed by atoms with Crippen molar-refractivity contribution in [2.45, 2.75) is 20.8 Å². The van der Waals surface area contributed by atoms with Gasteiger partial charge in [-0.25, -0.2) is 9.18 Å². The van der Waals surface area contributed by atoms with E-state index >= 15 is 0 Å². The molecule has 0 aliphatic rings. The van der Waals surface area contributed by atoms with Crippen LogP contribution in [0, 0.1) is 19.7 Å². The van der Waals surface area contributed by atoms with Crippen molar-refractivity contribution in [3.63, 3.8) is 0 Å². The van der Waals surface area contributed by atoms with Gasteiger partial charge >= 0.3 is 5.97 Å². The third-order valence-electron chi connectivity index (χ3n) is 2.22. The number of ether oxygens (including phenoxy) is 1. The first-order valence-electron chi connectivity index (χ1n) is 4.50. The second-order valence-electron chi connectivity index (χ2n) is 3.07. The molecule has 0 saturated heterocycles. The summed E-state index contributed by atoms with van der Waals surface area (Å²) in [6, 6.07) is 2.74. The first kappa shape index (κ1) is 10.7. The number of benzene rings is 1. The molecule has 0 atom stereocenters. The zero-order valence-electron chi connectivity index (χ0n) is 8.56. The van der Waals surface area contributed by atoms with Gasteiger partial charge in [0.2, 0.25) is 0 Å². The van der Waals surface area contributed by atoms with Gasteiger partial charge in [-0.2, -0.15) is 0 Å². The summed E-state index contributed by atoms with van der Waals surface area (Å²) in [5, 5.41) is 0. The number of halogens is 1. The van der Waals surface area contributed by atoms with Crippen LogP contribution in [0.15, 0.2) is 12.1 Å². The number of hydrogen-bond donors (Lipinski definition) is 0. The summed E-state index contributed by atoms with van der Waals surface area (Å²) < 4.78 is 17.9. The quantitative estimate of drug-likeness (QED) is 0.679. The third kappa shape index (κ3) is 1.92. The van der Waals surface area contributed by atoms with E-state index in [4.69, 9.17) is 4.74 Å². The topological polar surface area (TPSA) is 26.3 Å². The zero-order chi connectivity index (χ0) is 10.7. The fourth-order valence-electron chi connectivity index (χ4n) is 1.22. The minimum atomic E-state index is -0.395. The van der Waals surface area contributed by atoms with Crippen molar-refractivity contribution < 1.29 is 13.9 Å². The minimum absolute atomic E-state index is 0.296. The Morgan fingerprint density at radius 1 is 1.36 bits per heavy atom. The Morgan fingerprint density at radius 2 is 2.00 bits per heavy atom. The Morgan fingerprint density at radius 3 is 2.57 bits per heavy atom. The Balaban J connectivity index is 3.11. The molecule has 0 aromatic heterocycles. The average Bonchev–Trinajstić information content (AvgIpc) is 2.15. The Labute approximate surface area is 82.7 Å². The molecule has 0 bridgehead atoms. The maximum Gasteiger partial charge on any atom is 0.338 e. The summed E-state index contributed by atoms with van der Waals surface area (Å²) in [6.07, 6.45) is 0. The lowest BCUT2D eigenvalue weighted by atomic mass is 10.0. The number of carbonyl (C=O) groups is 1. The second kappa shape index (κ2) is 4.22. The molecule has 1 aromatic carbocycles. The molecule has 0 unspecified atom stereocenters. The standard InChI is InChI=1S/C11H13FO2/c1-4-14-11(13)9-5-6-10(12)8(3)7(9)2/h5-6H,4H2,1-3H3. The lowest BCUT2D eigenvalue weighted by Gasteiger charge is -2.08. The van der Waals surface area contributed by atoms with Crippen LogP contribution in [-0.4, -0.2) is 12.6 Å². The molecule has 0 saturated carbocycles. The average molecular weight is 196 g/mol. The first-order valence-corrected chi connectivity index (χ1v) is 4.50. The summed E-state index contributed by atoms with van der Waals surface area (Å²) >= 11 is 0. The highest BCUT2D eigenvalue weighted by Gasteiger charge is 2.13. The van der Waals surface area contributed by atoms with E-state index in [9.17, 15) is 9.18 Å². The molecule has 0 aliphatic heterocycles. The third-order valence-corrected chi connectivity index (χ3v) is 2.22. The molecule has 2 nitrogen and oxygen atoms in total. The van der Waals surface area contributed by atoms with Gasteiger partial charge in [0.15, 0.2) is 0 Å². The van der Waals surface area contributed by atoms with Crippen LogP contribution in [0.3, 0.4) is 0 Å². The molecular formula is C11H13FO2. The molecular weight excluding hydrogens is 183 g/mol. The smallest absolute Gasteiger partial charge is 0.338 e. The van der Waals surface area contributed by atoms with Gasteiger partial charge in [-0.15, -0.1) is 0 Å². The van der Waals surface area contributed by atoms with Crippen molar-refractivity contribution in [3.05, 3.63) is 34.6 Å². The molecule has 0 amide bonds. The highest BCUT2D eigenvalue weighted by atomic mass is 19.1. The number of esters is 1. The number of rotatable bonds is 2. The maximum atomic E-state index is 13.1. The summed E-state index contributed by atoms with van der Waals surface area (Å²) in [5.74, 6) is -0.691. The van der Waals surface area contributed by atoms with Gasteiger partial charge < -0.3 is 4.74 Å². The predicted molar refractivity (Wildman–Crippen MR) is 51.8 cm³/mol. The molecule has 0 radical (unpaired) electrons. The van der Waals surface area contributed by atoms with Crippen LogP contribution in [-0.2, 0) is 4.74 Å². The van der Waals surface area contributed by atoms with Gasteiger partial charge in [0.1, 0.15) is 5.82 Å². The van der Waals surface area contributed by atoms with Gasteiger partial charge in [0, 0.05) is 0 Å². The molecule has 76 valence electrons. The van der Waals surface area contributed by atoms with Crippen LogP contribution in [0.1, 0.15) is 28.4 Å². The molecule has 0 spiro atoms. The summed E-state index contributed by atoms with van der Waals surface area (Å²) in [7, 11) is 0. The Hall–Kier alpha value is -1.38. The number of carbonyl (C=O) groups excluding carboxylic acids is 1. The molecule has 1 rings (SSSR count). The van der Waals surface area contributed by atoms with Gasteiger partial charge in [0.05, 0.1) is 12.2 Å². The predicted octanol–water partition coefficient (Wildman–Crippen LogP) is 2.62. The van der Waals surface area contributed by atoms with Gasteiger partial charge in [-0.1, -0.05) is 0 Å². The van der Waals surface area contributed by atoms with E-state index in [1.165, 1.54) is 12.1 Å². The monoisotopic (exact) mass is 196 g/mol. The lowest BCUT2D eigenvalue weighted by molar-refractivity contribution is 0.0525. The van der Waals surface area contributed by atoms with Crippen LogP contribution in [0.4, 0.5) is 4.39 Å². The molecule has 0 aliphatic carbocycles. The van der Waals surface area contributed by atoms with Gasteiger partial charge in [-0.3, -0.25) is 0 Å². The molecule has 3 heteroatoms. The van der Waals surface area contributed by atoms with E-state index < -0.39 is 5.97 Å². The highest BCUT2D eigenvalue weighted by molar-refractivity contribution is 5.91. The van der Waals surface area contributed by atoms with Crippen LogP contribution in [0.5, 0.6) is 0 Å². The van der Waals surface area contributed by atoms with Crippen molar-refractivity contribution in [1.82, 2.24) is 0 Å². The zero-order valence-corrected chi connectivity index (χ0v) is 8.56. The van der Waals surface area contributed by atoms with Crippen molar-refractivity contribution >= 4 is 5.97 Å². The second-order valence-corrected chi connectivity index (χ2v) is 3.07. The van der Waals surface area contributed by atoms with Gasteiger partial charge in [-0.05, 0) is 44.0 Å². The lowest BCUT2D eigenvalue weighted by Crippen LogP contribution is -2.08. The van der Waals surface area contributed by atoms with E-state index in [1.54, 1.807) is 20.8 Å². The maximum absolute atomic E-state index is 13.1. The fraction of sp³-hybridized carbons (Fsp3) is 0.364. The van der Waals surface area contributed by atoms with Crippen molar-refractivity contribution in [2.75, 3.05) is 6.61 Å². The summed E-state index contributed by atoms with van der Waals surface area (Å²) in [6.45, 7) is 5.43. The van der Waals surface area contributed by atoms with E-state index in [0.717, 1.165) is 0 Å². The van der Waals surface area contributed by atoms with Crippen molar-refractivity contribution in [1.29, 1.82) is 0 Å². The summed E-state index contributed by atoms with van der Waals surface area (Å²) in [5.41, 5.74) is 1.57. The Bertz CT molecular complexity index is 359. The Kier molecular flexibility index (Phi) is 3.23. The summed E-state index contributed by atoms with van der Waals surface area (Å²) in [4.78, 5) is 11.4. The van der Waals surface area contributed by atoms with E-state index in [1.807, 2.05) is 0 Å². The highest BCUT2D eigenvalue weighted by Crippen LogP contribution is 2.17. The largest absolute Gasteiger partial charge is 0.462 e. The minimum Gasteiger partial charge on any atom is -0.462 e. The van der Waals surface area contributed by atoms with Crippen LogP contribution in [0.2, 0.25) is 0 Å². The first-order chi connectivity index (χ1) is 6.57. The molecule has 14 heavy (non-hydrogen) atoms. The van der Waals surface area contributed by atoms with E-state index in [-0.39, 0.29) is 5.82 Å². The van der Waals surface area contributed by atoms with E-state index in [0.29, 0.717) is 23.3 Å². The van der Waals surface area contributed by atoms with E-state index in [2.05, 4.69) is 0 Å².